The van der Waals surface area contributed by atoms with Crippen molar-refractivity contribution in [2.24, 2.45) is 0 Å². The van der Waals surface area contributed by atoms with Crippen molar-refractivity contribution >= 4 is 29.3 Å². The SMILES string of the molecule is CC(C)(C)OC(=O)NC1CCC(c2nc(C(=O)N[C@@H](CO)C(=O)O)cs2)CC1. The van der Waals surface area contributed by atoms with Crippen LogP contribution in [0.4, 0.5) is 4.79 Å². The molecule has 1 heterocycles. The lowest BCUT2D eigenvalue weighted by Crippen LogP contribution is -2.43. The van der Waals surface area contributed by atoms with Crippen LogP contribution >= 0.6 is 11.3 Å². The third kappa shape index (κ3) is 6.45. The fraction of sp³-hybridized carbons (Fsp3) is 0.667. The molecule has 1 aromatic rings. The van der Waals surface area contributed by atoms with Gasteiger partial charge in [-0.15, -0.1) is 11.3 Å². The van der Waals surface area contributed by atoms with Crippen LogP contribution in [0.1, 0.15) is 67.9 Å². The smallest absolute Gasteiger partial charge is 0.407 e. The largest absolute Gasteiger partial charge is 0.480 e. The number of hydrogen-bond acceptors (Lipinski definition) is 7. The number of alkyl carbamates (subject to hydrolysis) is 1. The van der Waals surface area contributed by atoms with Gasteiger partial charge in [0, 0.05) is 17.3 Å². The van der Waals surface area contributed by atoms with E-state index in [0.717, 1.165) is 30.7 Å². The fourth-order valence-electron chi connectivity index (χ4n) is 2.96. The van der Waals surface area contributed by atoms with Crippen LogP contribution in [0.2, 0.25) is 0 Å². The van der Waals surface area contributed by atoms with Gasteiger partial charge in [-0.05, 0) is 46.5 Å². The van der Waals surface area contributed by atoms with Crippen molar-refractivity contribution in [3.05, 3.63) is 16.1 Å². The topological polar surface area (TPSA) is 138 Å². The van der Waals surface area contributed by atoms with E-state index in [1.807, 2.05) is 20.8 Å². The van der Waals surface area contributed by atoms with Crippen molar-refractivity contribution in [1.82, 2.24) is 15.6 Å². The number of aliphatic carboxylic acids is 1. The highest BCUT2D eigenvalue weighted by molar-refractivity contribution is 7.09. The Kier molecular flexibility index (Phi) is 7.36. The Labute approximate surface area is 167 Å². The molecular weight excluding hydrogens is 386 g/mol. The van der Waals surface area contributed by atoms with E-state index in [1.165, 1.54) is 11.3 Å². The molecule has 4 N–H and O–H groups in total. The highest BCUT2D eigenvalue weighted by atomic mass is 32.1. The average Bonchev–Trinajstić information content (AvgIpc) is 3.08. The zero-order chi connectivity index (χ0) is 20.9. The second-order valence-electron chi connectivity index (χ2n) is 7.81. The van der Waals surface area contributed by atoms with Gasteiger partial charge in [0.1, 0.15) is 11.3 Å². The Morgan fingerprint density at radius 2 is 1.93 bits per heavy atom. The lowest BCUT2D eigenvalue weighted by molar-refractivity contribution is -0.140. The van der Waals surface area contributed by atoms with Crippen molar-refractivity contribution in [1.29, 1.82) is 0 Å². The molecule has 9 nitrogen and oxygen atoms in total. The number of rotatable bonds is 6. The maximum Gasteiger partial charge on any atom is 0.407 e. The predicted molar refractivity (Wildman–Crippen MR) is 102 cm³/mol. The third-order valence-electron chi connectivity index (χ3n) is 4.34. The first-order chi connectivity index (χ1) is 13.1. The molecule has 2 rings (SSSR count). The Bertz CT molecular complexity index is 706. The van der Waals surface area contributed by atoms with E-state index in [-0.39, 0.29) is 17.7 Å². The van der Waals surface area contributed by atoms with Crippen molar-refractivity contribution in [2.45, 2.75) is 70.1 Å². The standard InChI is InChI=1S/C18H27N3O6S/c1-18(2,3)27-17(26)19-11-6-4-10(5-7-11)15-21-13(9-28-15)14(23)20-12(8-22)16(24)25/h9-12,22H,4-8H2,1-3H3,(H,19,26)(H,20,23)(H,24,25)/t10?,11?,12-/m0/s1. The van der Waals surface area contributed by atoms with Gasteiger partial charge in [-0.25, -0.2) is 14.6 Å². The first kappa shape index (κ1) is 22.1. The molecule has 0 aliphatic heterocycles. The number of carbonyl (C=O) groups excluding carboxylic acids is 2. The van der Waals surface area contributed by atoms with Crippen LogP contribution in [-0.4, -0.2) is 57.5 Å². The van der Waals surface area contributed by atoms with Crippen LogP contribution in [0.25, 0.3) is 0 Å². The van der Waals surface area contributed by atoms with E-state index >= 15 is 0 Å². The van der Waals surface area contributed by atoms with Crippen LogP contribution in [-0.2, 0) is 9.53 Å². The second-order valence-corrected chi connectivity index (χ2v) is 8.70. The first-order valence-corrected chi connectivity index (χ1v) is 10.1. The number of carbonyl (C=O) groups is 3. The van der Waals surface area contributed by atoms with Crippen LogP contribution in [0.15, 0.2) is 5.38 Å². The minimum absolute atomic E-state index is 0.0507. The van der Waals surface area contributed by atoms with Gasteiger partial charge >= 0.3 is 12.1 Å². The van der Waals surface area contributed by atoms with E-state index in [9.17, 15) is 14.4 Å². The molecule has 0 saturated heterocycles. The average molecular weight is 413 g/mol. The van der Waals surface area contributed by atoms with Crippen LogP contribution in [0.5, 0.6) is 0 Å². The Balaban J connectivity index is 1.86. The van der Waals surface area contributed by atoms with Gasteiger partial charge in [0.2, 0.25) is 0 Å². The summed E-state index contributed by atoms with van der Waals surface area (Å²) in [5, 5.41) is 25.4. The van der Waals surface area contributed by atoms with Crippen LogP contribution in [0, 0.1) is 0 Å². The molecule has 156 valence electrons. The van der Waals surface area contributed by atoms with Gasteiger partial charge in [0.25, 0.3) is 5.91 Å². The number of amides is 2. The maximum atomic E-state index is 12.1. The zero-order valence-electron chi connectivity index (χ0n) is 16.2. The fourth-order valence-corrected chi connectivity index (χ4v) is 3.93. The number of carboxylic acids is 1. The molecule has 0 aromatic carbocycles. The minimum atomic E-state index is -1.35. The molecule has 28 heavy (non-hydrogen) atoms. The molecule has 0 radical (unpaired) electrons. The van der Waals surface area contributed by atoms with Gasteiger partial charge < -0.3 is 25.6 Å². The van der Waals surface area contributed by atoms with Crippen LogP contribution in [0.3, 0.4) is 0 Å². The summed E-state index contributed by atoms with van der Waals surface area (Å²) in [5.74, 6) is -1.73. The van der Waals surface area contributed by atoms with E-state index in [2.05, 4.69) is 15.6 Å². The number of thiazole rings is 1. The zero-order valence-corrected chi connectivity index (χ0v) is 17.0. The molecule has 0 spiro atoms. The molecule has 1 saturated carbocycles. The Morgan fingerprint density at radius 3 is 2.46 bits per heavy atom. The lowest BCUT2D eigenvalue weighted by Gasteiger charge is -2.29. The molecular formula is C18H27N3O6S. The molecule has 10 heteroatoms. The highest BCUT2D eigenvalue weighted by Gasteiger charge is 2.28. The summed E-state index contributed by atoms with van der Waals surface area (Å²) in [4.78, 5) is 39.2. The summed E-state index contributed by atoms with van der Waals surface area (Å²) >= 11 is 1.36. The van der Waals surface area contributed by atoms with E-state index in [0.29, 0.717) is 0 Å². The number of aliphatic hydroxyl groups is 1. The summed E-state index contributed by atoms with van der Waals surface area (Å²) in [7, 11) is 0. The second kappa shape index (κ2) is 9.33. The molecule has 1 atom stereocenters. The highest BCUT2D eigenvalue weighted by Crippen LogP contribution is 2.34. The number of hydrogen-bond donors (Lipinski definition) is 4. The maximum absolute atomic E-state index is 12.1. The molecule has 1 aromatic heterocycles. The lowest BCUT2D eigenvalue weighted by atomic mass is 9.86. The number of aromatic nitrogens is 1. The van der Waals surface area contributed by atoms with Gasteiger partial charge in [-0.3, -0.25) is 4.79 Å². The van der Waals surface area contributed by atoms with Crippen molar-refractivity contribution in [3.8, 4) is 0 Å². The number of ether oxygens (including phenoxy) is 1. The van der Waals surface area contributed by atoms with E-state index in [4.69, 9.17) is 14.9 Å². The molecule has 0 bridgehead atoms. The summed E-state index contributed by atoms with van der Waals surface area (Å²) in [6.07, 6.45) is 2.81. The van der Waals surface area contributed by atoms with Gasteiger partial charge in [0.15, 0.2) is 6.04 Å². The normalized spacial score (nSPS) is 20.9. The van der Waals surface area contributed by atoms with Gasteiger partial charge in [-0.2, -0.15) is 0 Å². The number of nitrogens with zero attached hydrogens (tertiary/aromatic N) is 1. The summed E-state index contributed by atoms with van der Waals surface area (Å²) in [5.41, 5.74) is -0.386. The van der Waals surface area contributed by atoms with Crippen molar-refractivity contribution < 1.29 is 29.3 Å². The van der Waals surface area contributed by atoms with Crippen LogP contribution < -0.4 is 10.6 Å². The monoisotopic (exact) mass is 413 g/mol. The Hall–Kier alpha value is -2.20. The quantitative estimate of drug-likeness (QED) is 0.558. The van der Waals surface area contributed by atoms with Crippen molar-refractivity contribution in [3.63, 3.8) is 0 Å². The summed E-state index contributed by atoms with van der Waals surface area (Å²) in [6, 6.07) is -1.30. The molecule has 2 amide bonds. The van der Waals surface area contributed by atoms with E-state index < -0.39 is 36.2 Å². The van der Waals surface area contributed by atoms with Gasteiger partial charge in [-0.1, -0.05) is 0 Å². The summed E-state index contributed by atoms with van der Waals surface area (Å²) < 4.78 is 5.27. The van der Waals surface area contributed by atoms with Gasteiger partial charge in [0.05, 0.1) is 11.6 Å². The molecule has 0 unspecified atom stereocenters. The predicted octanol–water partition coefficient (Wildman–Crippen LogP) is 1.87. The Morgan fingerprint density at radius 1 is 1.29 bits per heavy atom. The summed E-state index contributed by atoms with van der Waals surface area (Å²) in [6.45, 7) is 4.77. The number of nitrogens with one attached hydrogen (secondary N) is 2. The number of aliphatic hydroxyl groups excluding tert-OH is 1. The molecule has 1 aliphatic carbocycles. The molecule has 1 aliphatic rings. The molecule has 1 fully saturated rings. The van der Waals surface area contributed by atoms with Crippen molar-refractivity contribution in [2.75, 3.05) is 6.61 Å². The number of carboxylic acid groups (broad SMARTS) is 1. The first-order valence-electron chi connectivity index (χ1n) is 9.18. The minimum Gasteiger partial charge on any atom is -0.480 e. The third-order valence-corrected chi connectivity index (χ3v) is 5.35. The van der Waals surface area contributed by atoms with E-state index in [1.54, 1.807) is 5.38 Å².